The van der Waals surface area contributed by atoms with Crippen molar-refractivity contribution in [2.24, 2.45) is 0 Å². The highest BCUT2D eigenvalue weighted by Crippen LogP contribution is 2.24. The fourth-order valence-electron chi connectivity index (χ4n) is 0.805. The molecular formula is C7H7NO7. The molecule has 1 fully saturated rings. The van der Waals surface area contributed by atoms with Crippen molar-refractivity contribution in [2.75, 3.05) is 0 Å². The van der Waals surface area contributed by atoms with E-state index in [9.17, 15) is 19.7 Å². The van der Waals surface area contributed by atoms with E-state index >= 15 is 0 Å². The molecule has 0 aromatic carbocycles. The van der Waals surface area contributed by atoms with E-state index < -0.39 is 23.3 Å². The summed E-state index contributed by atoms with van der Waals surface area (Å²) in [5.74, 6) is -1.20. The van der Waals surface area contributed by atoms with Gasteiger partial charge in [-0.3, -0.25) is 9.68 Å². The summed E-state index contributed by atoms with van der Waals surface area (Å²) in [7, 11) is 0. The molecule has 0 radical (unpaired) electrons. The van der Waals surface area contributed by atoms with Gasteiger partial charge in [0.25, 0.3) is 0 Å². The Morgan fingerprint density at radius 1 is 1.53 bits per heavy atom. The molecule has 8 heteroatoms. The molecule has 0 N–H and O–H groups in total. The molecule has 0 amide bonds. The van der Waals surface area contributed by atoms with Gasteiger partial charge in [0, 0.05) is 0 Å². The average Bonchev–Trinajstić information content (AvgIpc) is 2.90. The van der Waals surface area contributed by atoms with E-state index in [4.69, 9.17) is 4.74 Å². The van der Waals surface area contributed by atoms with E-state index in [0.717, 1.165) is 0 Å². The van der Waals surface area contributed by atoms with E-state index in [1.807, 2.05) is 0 Å². The lowest BCUT2D eigenvalue weighted by Crippen LogP contribution is -2.16. The largest absolute Gasteiger partial charge is 0.374 e. The third-order valence-corrected chi connectivity index (χ3v) is 1.46. The fourth-order valence-corrected chi connectivity index (χ4v) is 0.805. The maximum absolute atomic E-state index is 10.9. The minimum Gasteiger partial charge on any atom is -0.353 e. The first-order valence-corrected chi connectivity index (χ1v) is 3.88. The first-order valence-electron chi connectivity index (χ1n) is 3.88. The SMILES string of the molecule is CC(=O)/C=C/C1OC1C(=O)OO[N+](=O)[O-]. The zero-order valence-electron chi connectivity index (χ0n) is 7.61. The quantitative estimate of drug-likeness (QED) is 0.202. The van der Waals surface area contributed by atoms with Crippen molar-refractivity contribution >= 4 is 11.8 Å². The predicted octanol–water partition coefficient (Wildman–Crippen LogP) is -0.435. The zero-order valence-corrected chi connectivity index (χ0v) is 7.61. The molecule has 0 aromatic rings. The monoisotopic (exact) mass is 217 g/mol. The first kappa shape index (κ1) is 11.1. The van der Waals surface area contributed by atoms with Crippen LogP contribution in [0.1, 0.15) is 6.92 Å². The molecule has 1 aliphatic rings. The lowest BCUT2D eigenvalue weighted by atomic mass is 10.2. The average molecular weight is 217 g/mol. The van der Waals surface area contributed by atoms with Crippen molar-refractivity contribution in [3.05, 3.63) is 22.3 Å². The third-order valence-electron chi connectivity index (χ3n) is 1.46. The Balaban J connectivity index is 2.28. The fraction of sp³-hybridized carbons (Fsp3) is 0.429. The van der Waals surface area contributed by atoms with Gasteiger partial charge < -0.3 is 4.74 Å². The Kier molecular flexibility index (Phi) is 3.34. The molecule has 2 atom stereocenters. The van der Waals surface area contributed by atoms with Crippen LogP contribution < -0.4 is 0 Å². The smallest absolute Gasteiger partial charge is 0.353 e. The van der Waals surface area contributed by atoms with E-state index in [1.54, 1.807) is 0 Å². The lowest BCUT2D eigenvalue weighted by Gasteiger charge is -1.93. The van der Waals surface area contributed by atoms with Gasteiger partial charge in [0.2, 0.25) is 0 Å². The third kappa shape index (κ3) is 3.73. The Labute approximate surface area is 83.4 Å². The van der Waals surface area contributed by atoms with E-state index in [1.165, 1.54) is 19.1 Å². The Bertz CT molecular complexity index is 323. The molecule has 0 bridgehead atoms. The Morgan fingerprint density at radius 3 is 2.73 bits per heavy atom. The van der Waals surface area contributed by atoms with E-state index in [2.05, 4.69) is 9.88 Å². The second-order valence-corrected chi connectivity index (χ2v) is 2.69. The molecular weight excluding hydrogens is 210 g/mol. The molecule has 0 spiro atoms. The predicted molar refractivity (Wildman–Crippen MR) is 42.7 cm³/mol. The molecule has 15 heavy (non-hydrogen) atoms. The molecule has 1 saturated heterocycles. The van der Waals surface area contributed by atoms with Gasteiger partial charge in [-0.1, -0.05) is 4.99 Å². The second-order valence-electron chi connectivity index (χ2n) is 2.69. The summed E-state index contributed by atoms with van der Waals surface area (Å²) < 4.78 is 4.75. The van der Waals surface area contributed by atoms with Crippen LogP contribution in [-0.4, -0.2) is 29.0 Å². The van der Waals surface area contributed by atoms with E-state index in [-0.39, 0.29) is 5.78 Å². The number of allylic oxidation sites excluding steroid dienone is 1. The van der Waals surface area contributed by atoms with Crippen LogP contribution in [0.4, 0.5) is 0 Å². The molecule has 82 valence electrons. The van der Waals surface area contributed by atoms with Gasteiger partial charge >= 0.3 is 11.1 Å². The van der Waals surface area contributed by atoms with Gasteiger partial charge in [-0.05, 0) is 19.1 Å². The van der Waals surface area contributed by atoms with Crippen LogP contribution >= 0.6 is 0 Å². The molecule has 8 nitrogen and oxygen atoms in total. The second kappa shape index (κ2) is 4.51. The normalized spacial score (nSPS) is 23.5. The highest BCUT2D eigenvalue weighted by molar-refractivity contribution is 5.87. The van der Waals surface area contributed by atoms with Crippen molar-refractivity contribution in [3.8, 4) is 0 Å². The minimum atomic E-state index is -1.26. The summed E-state index contributed by atoms with van der Waals surface area (Å²) in [4.78, 5) is 38.2. The minimum absolute atomic E-state index is 0.195. The van der Waals surface area contributed by atoms with Crippen LogP contribution in [0, 0.1) is 10.1 Å². The molecule has 1 heterocycles. The van der Waals surface area contributed by atoms with Gasteiger partial charge in [-0.15, -0.1) is 10.1 Å². The molecule has 0 aromatic heterocycles. The highest BCUT2D eigenvalue weighted by atomic mass is 17.3. The van der Waals surface area contributed by atoms with Gasteiger partial charge in [-0.25, -0.2) is 4.79 Å². The van der Waals surface area contributed by atoms with Crippen molar-refractivity contribution < 1.29 is 29.3 Å². The Morgan fingerprint density at radius 2 is 2.20 bits per heavy atom. The van der Waals surface area contributed by atoms with Gasteiger partial charge in [0.05, 0.1) is 0 Å². The van der Waals surface area contributed by atoms with Gasteiger partial charge in [-0.2, -0.15) is 0 Å². The number of carbonyl (C=O) groups is 2. The summed E-state index contributed by atoms with van der Waals surface area (Å²) in [6.45, 7) is 1.34. The van der Waals surface area contributed by atoms with Crippen LogP contribution in [0.15, 0.2) is 12.2 Å². The molecule has 1 aliphatic heterocycles. The summed E-state index contributed by atoms with van der Waals surface area (Å²) in [6.07, 6.45) is 1.06. The number of nitrogens with zero attached hydrogens (tertiary/aromatic N) is 1. The van der Waals surface area contributed by atoms with Crippen LogP contribution in [0.5, 0.6) is 0 Å². The zero-order chi connectivity index (χ0) is 11.4. The van der Waals surface area contributed by atoms with Crippen LogP contribution in [0.3, 0.4) is 0 Å². The van der Waals surface area contributed by atoms with Gasteiger partial charge in [0.1, 0.15) is 6.10 Å². The van der Waals surface area contributed by atoms with Crippen LogP contribution in [-0.2, 0) is 24.2 Å². The maximum atomic E-state index is 10.9. The summed E-state index contributed by atoms with van der Waals surface area (Å²) in [6, 6.07) is 0. The Hall–Kier alpha value is -1.96. The van der Waals surface area contributed by atoms with Crippen molar-refractivity contribution in [1.82, 2.24) is 0 Å². The van der Waals surface area contributed by atoms with Gasteiger partial charge in [0.15, 0.2) is 11.9 Å². The molecule has 0 aliphatic carbocycles. The number of carbonyl (C=O) groups excluding carboxylic acids is 2. The number of rotatable bonds is 5. The summed E-state index contributed by atoms with van der Waals surface area (Å²) >= 11 is 0. The standard InChI is InChI=1S/C7H7NO7/c1-4(9)2-3-5-6(13-5)7(10)14-15-8(11)12/h2-3,5-6H,1H3/b3-2+. The van der Waals surface area contributed by atoms with Crippen molar-refractivity contribution in [3.63, 3.8) is 0 Å². The summed E-state index contributed by atoms with van der Waals surface area (Å²) in [5.41, 5.74) is 0. The molecule has 0 saturated carbocycles. The highest BCUT2D eigenvalue weighted by Gasteiger charge is 2.45. The first-order chi connectivity index (χ1) is 7.00. The number of epoxide rings is 1. The van der Waals surface area contributed by atoms with Crippen molar-refractivity contribution in [1.29, 1.82) is 0 Å². The van der Waals surface area contributed by atoms with Crippen molar-refractivity contribution in [2.45, 2.75) is 19.1 Å². The molecule has 2 unspecified atom stereocenters. The summed E-state index contributed by atoms with van der Waals surface area (Å²) in [5, 5.41) is 8.39. The number of hydrogen-bond acceptors (Lipinski definition) is 7. The lowest BCUT2D eigenvalue weighted by molar-refractivity contribution is -0.839. The number of ketones is 1. The maximum Gasteiger partial charge on any atom is 0.374 e. The number of hydrogen-bond donors (Lipinski definition) is 0. The van der Waals surface area contributed by atoms with Crippen LogP contribution in [0.25, 0.3) is 0 Å². The van der Waals surface area contributed by atoms with Crippen LogP contribution in [0.2, 0.25) is 0 Å². The van der Waals surface area contributed by atoms with E-state index in [0.29, 0.717) is 0 Å². The topological polar surface area (TPSA) is 108 Å². The molecule has 1 rings (SSSR count). The number of ether oxygens (including phenoxy) is 1.